The van der Waals surface area contributed by atoms with Gasteiger partial charge in [0, 0.05) is 11.3 Å². The van der Waals surface area contributed by atoms with Crippen LogP contribution in [-0.4, -0.2) is 17.3 Å². The van der Waals surface area contributed by atoms with Crippen LogP contribution >= 0.6 is 15.9 Å². The molecule has 1 aromatic heterocycles. The van der Waals surface area contributed by atoms with E-state index in [1.54, 1.807) is 7.11 Å². The number of hydrogen-bond donors (Lipinski definition) is 2. The molecule has 2 heterocycles. The maximum absolute atomic E-state index is 9.87. The van der Waals surface area contributed by atoms with Crippen molar-refractivity contribution in [3.63, 3.8) is 0 Å². The Kier molecular flexibility index (Phi) is 6.37. The molecule has 2 aromatic carbocycles. The largest absolute Gasteiger partial charge is 0.493 e. The minimum absolute atomic E-state index is 0.0547. The summed E-state index contributed by atoms with van der Waals surface area (Å²) in [7, 11) is 1.59. The van der Waals surface area contributed by atoms with Gasteiger partial charge in [-0.2, -0.15) is 5.26 Å². The summed E-state index contributed by atoms with van der Waals surface area (Å²) in [6.45, 7) is 2.48. The number of fused-ring (bicyclic) bond motifs is 1. The molecule has 164 valence electrons. The summed E-state index contributed by atoms with van der Waals surface area (Å²) in [4.78, 5) is 0. The molecular weight excluding hydrogens is 472 g/mol. The molecular formula is C24H23BrN4O3. The maximum Gasteiger partial charge on any atom is 0.244 e. The van der Waals surface area contributed by atoms with E-state index in [0.29, 0.717) is 34.0 Å². The monoisotopic (exact) mass is 494 g/mol. The lowest BCUT2D eigenvalue weighted by molar-refractivity contribution is 0.282. The molecule has 0 saturated carbocycles. The lowest BCUT2D eigenvalue weighted by atomic mass is 9.83. The first-order valence-corrected chi connectivity index (χ1v) is 11.1. The molecule has 3 aromatic rings. The van der Waals surface area contributed by atoms with Gasteiger partial charge < -0.3 is 19.9 Å². The number of ether oxygens (including phenoxy) is 3. The van der Waals surface area contributed by atoms with Crippen molar-refractivity contribution in [1.29, 1.82) is 5.26 Å². The zero-order valence-electron chi connectivity index (χ0n) is 17.8. The molecule has 4 rings (SSSR count). The standard InChI is InChI=1S/C24H23BrN4O3/c1-3-7-18-21-20(16(12-26)23(27)32-24(21)29-28-18)15-10-17(25)22(19(11-15)30-2)31-13-14-8-5-4-6-9-14/h4-6,8-11,20H,3,7,13,27H2,1-2H3,(H,28,29)/t20-/m0/s1. The smallest absolute Gasteiger partial charge is 0.244 e. The zero-order chi connectivity index (χ0) is 22.7. The van der Waals surface area contributed by atoms with Gasteiger partial charge in [0.25, 0.3) is 0 Å². The number of aromatic amines is 1. The van der Waals surface area contributed by atoms with Gasteiger partial charge in [-0.05, 0) is 45.6 Å². The second-order valence-corrected chi connectivity index (χ2v) is 8.26. The number of nitrogens with two attached hydrogens (primary N) is 1. The molecule has 8 heteroatoms. The van der Waals surface area contributed by atoms with Crippen LogP contribution in [0.3, 0.4) is 0 Å². The third-order valence-corrected chi connectivity index (χ3v) is 5.92. The lowest BCUT2D eigenvalue weighted by Crippen LogP contribution is -2.21. The highest BCUT2D eigenvalue weighted by Gasteiger charge is 2.35. The van der Waals surface area contributed by atoms with Gasteiger partial charge in [-0.3, -0.25) is 5.10 Å². The zero-order valence-corrected chi connectivity index (χ0v) is 19.4. The number of hydrogen-bond acceptors (Lipinski definition) is 6. The Morgan fingerprint density at radius 3 is 2.75 bits per heavy atom. The number of halogens is 1. The van der Waals surface area contributed by atoms with E-state index < -0.39 is 5.92 Å². The Morgan fingerprint density at radius 1 is 1.28 bits per heavy atom. The van der Waals surface area contributed by atoms with E-state index >= 15 is 0 Å². The molecule has 0 fully saturated rings. The van der Waals surface area contributed by atoms with Gasteiger partial charge in [0.1, 0.15) is 18.2 Å². The summed E-state index contributed by atoms with van der Waals surface area (Å²) >= 11 is 3.63. The molecule has 0 spiro atoms. The quantitative estimate of drug-likeness (QED) is 0.482. The van der Waals surface area contributed by atoms with E-state index in [1.165, 1.54) is 0 Å². The number of H-pyrrole nitrogens is 1. The molecule has 1 aliphatic heterocycles. The van der Waals surface area contributed by atoms with Crippen LogP contribution in [0.25, 0.3) is 0 Å². The molecule has 7 nitrogen and oxygen atoms in total. The maximum atomic E-state index is 9.87. The number of benzene rings is 2. The van der Waals surface area contributed by atoms with Crippen molar-refractivity contribution in [1.82, 2.24) is 10.2 Å². The van der Waals surface area contributed by atoms with Crippen molar-refractivity contribution in [2.45, 2.75) is 32.3 Å². The highest BCUT2D eigenvalue weighted by molar-refractivity contribution is 9.10. The number of allylic oxidation sites excluding steroid dienone is 1. The second-order valence-electron chi connectivity index (χ2n) is 7.40. The number of rotatable bonds is 7. The molecule has 3 N–H and O–H groups in total. The van der Waals surface area contributed by atoms with Gasteiger partial charge in [0.05, 0.1) is 17.5 Å². The third-order valence-electron chi connectivity index (χ3n) is 5.33. The molecule has 0 aliphatic carbocycles. The topological polar surface area (TPSA) is 106 Å². The van der Waals surface area contributed by atoms with Crippen molar-refractivity contribution in [2.75, 3.05) is 7.11 Å². The number of aryl methyl sites for hydroxylation is 1. The van der Waals surface area contributed by atoms with Gasteiger partial charge in [0.2, 0.25) is 11.8 Å². The lowest BCUT2D eigenvalue weighted by Gasteiger charge is -2.25. The predicted octanol–water partition coefficient (Wildman–Crippen LogP) is 4.93. The number of methoxy groups -OCH3 is 1. The first-order valence-electron chi connectivity index (χ1n) is 10.3. The van der Waals surface area contributed by atoms with Crippen molar-refractivity contribution in [3.8, 4) is 23.4 Å². The minimum Gasteiger partial charge on any atom is -0.493 e. The molecule has 0 saturated heterocycles. The van der Waals surface area contributed by atoms with Gasteiger partial charge in [-0.15, -0.1) is 5.10 Å². The van der Waals surface area contributed by atoms with E-state index in [0.717, 1.165) is 35.2 Å². The Hall–Kier alpha value is -3.44. The van der Waals surface area contributed by atoms with E-state index in [1.807, 2.05) is 42.5 Å². The number of nitriles is 1. The van der Waals surface area contributed by atoms with Crippen LogP contribution in [0.2, 0.25) is 0 Å². The Balaban J connectivity index is 1.77. The van der Waals surface area contributed by atoms with Gasteiger partial charge >= 0.3 is 0 Å². The number of aromatic nitrogens is 2. The second kappa shape index (κ2) is 9.37. The third kappa shape index (κ3) is 4.04. The van der Waals surface area contributed by atoms with Gasteiger partial charge in [0.15, 0.2) is 11.5 Å². The highest BCUT2D eigenvalue weighted by Crippen LogP contribution is 2.47. The molecule has 0 bridgehead atoms. The first-order chi connectivity index (χ1) is 15.6. The fraction of sp³-hybridized carbons (Fsp3) is 0.250. The molecule has 1 aliphatic rings. The predicted molar refractivity (Wildman–Crippen MR) is 123 cm³/mol. The Labute approximate surface area is 194 Å². The number of nitrogens with one attached hydrogen (secondary N) is 1. The van der Waals surface area contributed by atoms with Crippen LogP contribution in [0.1, 0.15) is 41.6 Å². The summed E-state index contributed by atoms with van der Waals surface area (Å²) in [6.07, 6.45) is 1.69. The fourth-order valence-corrected chi connectivity index (χ4v) is 4.43. The fourth-order valence-electron chi connectivity index (χ4n) is 3.86. The van der Waals surface area contributed by atoms with Gasteiger partial charge in [-0.1, -0.05) is 43.7 Å². The average molecular weight is 495 g/mol. The van der Waals surface area contributed by atoms with Crippen LogP contribution < -0.4 is 19.9 Å². The van der Waals surface area contributed by atoms with E-state index in [9.17, 15) is 5.26 Å². The van der Waals surface area contributed by atoms with E-state index in [2.05, 4.69) is 39.1 Å². The van der Waals surface area contributed by atoms with Gasteiger partial charge in [-0.25, -0.2) is 0 Å². The highest BCUT2D eigenvalue weighted by atomic mass is 79.9. The van der Waals surface area contributed by atoms with Crippen LogP contribution in [0, 0.1) is 11.3 Å². The van der Waals surface area contributed by atoms with Crippen molar-refractivity contribution in [3.05, 3.63) is 80.8 Å². The Bertz CT molecular complexity index is 1200. The molecule has 0 radical (unpaired) electrons. The van der Waals surface area contributed by atoms with Crippen LogP contribution in [-0.2, 0) is 13.0 Å². The normalized spacial score (nSPS) is 15.0. The summed E-state index contributed by atoms with van der Waals surface area (Å²) in [5.74, 6) is 1.16. The summed E-state index contributed by atoms with van der Waals surface area (Å²) in [5.41, 5.74) is 10.0. The summed E-state index contributed by atoms with van der Waals surface area (Å²) in [5, 5.41) is 17.2. The molecule has 32 heavy (non-hydrogen) atoms. The SMILES string of the molecule is CCCc1[nH]nc2c1[C@@H](c1cc(Br)c(OCc3ccccc3)c(OC)c1)C(C#N)=C(N)O2. The van der Waals surface area contributed by atoms with Crippen LogP contribution in [0.15, 0.2) is 58.4 Å². The minimum atomic E-state index is -0.433. The molecule has 0 unspecified atom stereocenters. The van der Waals surface area contributed by atoms with Crippen LogP contribution in [0.5, 0.6) is 17.4 Å². The van der Waals surface area contributed by atoms with Crippen LogP contribution in [0.4, 0.5) is 0 Å². The number of nitrogens with zero attached hydrogens (tertiary/aromatic N) is 2. The van der Waals surface area contributed by atoms with Crippen molar-refractivity contribution < 1.29 is 14.2 Å². The molecule has 1 atom stereocenters. The average Bonchev–Trinajstić information content (AvgIpc) is 3.19. The van der Waals surface area contributed by atoms with E-state index in [-0.39, 0.29) is 5.88 Å². The Morgan fingerprint density at radius 2 is 2.06 bits per heavy atom. The van der Waals surface area contributed by atoms with Crippen molar-refractivity contribution >= 4 is 15.9 Å². The summed E-state index contributed by atoms with van der Waals surface area (Å²) in [6, 6.07) is 15.9. The first kappa shape index (κ1) is 21.8. The van der Waals surface area contributed by atoms with Crippen molar-refractivity contribution in [2.24, 2.45) is 5.73 Å². The molecule has 0 amide bonds. The summed E-state index contributed by atoms with van der Waals surface area (Å²) < 4.78 is 18.1. The van der Waals surface area contributed by atoms with E-state index in [4.69, 9.17) is 19.9 Å².